The lowest BCUT2D eigenvalue weighted by molar-refractivity contribution is -0.274. The standard InChI is InChI=1S/C23H26F3N3O/c1-15-12-17(14-22(2,3)13-15)29-20-7-5-4-6-19(20)28-21(29)27-16-8-10-18(11-9-16)30-23(24,25)26/h4-11,15,17H,12-14H2,1-3H3,(H,27,28)/t15?,17-/m0/s1. The number of imidazole rings is 1. The first-order valence-electron chi connectivity index (χ1n) is 10.2. The van der Waals surface area contributed by atoms with E-state index in [0.29, 0.717) is 23.6 Å². The number of halogens is 3. The van der Waals surface area contributed by atoms with Crippen LogP contribution >= 0.6 is 0 Å². The summed E-state index contributed by atoms with van der Waals surface area (Å²) in [6.45, 7) is 6.90. The van der Waals surface area contributed by atoms with Gasteiger partial charge in [0.25, 0.3) is 0 Å². The maximum absolute atomic E-state index is 12.4. The van der Waals surface area contributed by atoms with Gasteiger partial charge >= 0.3 is 6.36 Å². The Kier molecular flexibility index (Phi) is 5.16. The van der Waals surface area contributed by atoms with Crippen LogP contribution in [0.1, 0.15) is 46.1 Å². The van der Waals surface area contributed by atoms with Crippen LogP contribution in [0.4, 0.5) is 24.8 Å². The van der Waals surface area contributed by atoms with Crippen LogP contribution in [0.25, 0.3) is 11.0 Å². The average Bonchev–Trinajstić information content (AvgIpc) is 2.98. The predicted octanol–water partition coefficient (Wildman–Crippen LogP) is 7.07. The molecule has 160 valence electrons. The average molecular weight is 417 g/mol. The van der Waals surface area contributed by atoms with Crippen molar-refractivity contribution >= 4 is 22.7 Å². The molecule has 2 aromatic carbocycles. The Hall–Kier alpha value is -2.70. The van der Waals surface area contributed by atoms with Crippen molar-refractivity contribution in [1.82, 2.24) is 9.55 Å². The van der Waals surface area contributed by atoms with Gasteiger partial charge in [0.05, 0.1) is 11.0 Å². The number of ether oxygens (including phenoxy) is 1. The number of hydrogen-bond acceptors (Lipinski definition) is 3. The summed E-state index contributed by atoms with van der Waals surface area (Å²) in [4.78, 5) is 4.78. The van der Waals surface area contributed by atoms with Crippen molar-refractivity contribution in [2.75, 3.05) is 5.32 Å². The fourth-order valence-electron chi connectivity index (χ4n) is 4.86. The van der Waals surface area contributed by atoms with Crippen LogP contribution in [-0.2, 0) is 0 Å². The van der Waals surface area contributed by atoms with Gasteiger partial charge in [-0.2, -0.15) is 0 Å². The van der Waals surface area contributed by atoms with Crippen molar-refractivity contribution in [3.05, 3.63) is 48.5 Å². The van der Waals surface area contributed by atoms with E-state index in [4.69, 9.17) is 4.98 Å². The van der Waals surface area contributed by atoms with Gasteiger partial charge < -0.3 is 14.6 Å². The molecular formula is C23H26F3N3O. The lowest BCUT2D eigenvalue weighted by Crippen LogP contribution is -2.29. The molecule has 1 unspecified atom stereocenters. The molecule has 1 aliphatic carbocycles. The maximum Gasteiger partial charge on any atom is 0.573 e. The Morgan fingerprint density at radius 1 is 1.07 bits per heavy atom. The van der Waals surface area contributed by atoms with Crippen molar-refractivity contribution in [2.45, 2.75) is 52.4 Å². The fourth-order valence-corrected chi connectivity index (χ4v) is 4.86. The minimum atomic E-state index is -4.70. The second kappa shape index (κ2) is 7.52. The predicted molar refractivity (Wildman–Crippen MR) is 112 cm³/mol. The van der Waals surface area contributed by atoms with Crippen molar-refractivity contribution in [2.24, 2.45) is 11.3 Å². The zero-order chi connectivity index (χ0) is 21.5. The number of alkyl halides is 3. The molecule has 7 heteroatoms. The Morgan fingerprint density at radius 2 is 1.77 bits per heavy atom. The molecule has 3 aromatic rings. The van der Waals surface area contributed by atoms with Gasteiger partial charge in [-0.3, -0.25) is 0 Å². The van der Waals surface area contributed by atoms with Crippen LogP contribution in [0.15, 0.2) is 48.5 Å². The largest absolute Gasteiger partial charge is 0.573 e. The van der Waals surface area contributed by atoms with Gasteiger partial charge in [-0.05, 0) is 67.0 Å². The van der Waals surface area contributed by atoms with Crippen LogP contribution in [0.5, 0.6) is 5.75 Å². The number of nitrogens with one attached hydrogen (secondary N) is 1. The van der Waals surface area contributed by atoms with Crippen LogP contribution in [0, 0.1) is 11.3 Å². The van der Waals surface area contributed by atoms with Gasteiger partial charge in [0.1, 0.15) is 5.75 Å². The van der Waals surface area contributed by atoms with E-state index in [9.17, 15) is 13.2 Å². The number of para-hydroxylation sites is 2. The number of rotatable bonds is 4. The van der Waals surface area contributed by atoms with Crippen LogP contribution < -0.4 is 10.1 Å². The van der Waals surface area contributed by atoms with E-state index >= 15 is 0 Å². The van der Waals surface area contributed by atoms with Crippen molar-refractivity contribution in [1.29, 1.82) is 0 Å². The Balaban J connectivity index is 1.67. The normalized spacial score (nSPS) is 21.5. The lowest BCUT2D eigenvalue weighted by Gasteiger charge is -2.40. The molecule has 1 aliphatic rings. The number of nitrogens with zero attached hydrogens (tertiary/aromatic N) is 2. The third kappa shape index (κ3) is 4.55. The number of anilines is 2. The zero-order valence-corrected chi connectivity index (χ0v) is 17.3. The molecule has 4 rings (SSSR count). The van der Waals surface area contributed by atoms with E-state index < -0.39 is 6.36 Å². The molecule has 0 radical (unpaired) electrons. The number of hydrogen-bond donors (Lipinski definition) is 1. The topological polar surface area (TPSA) is 39.1 Å². The summed E-state index contributed by atoms with van der Waals surface area (Å²) in [5, 5.41) is 3.31. The van der Waals surface area contributed by atoms with Crippen molar-refractivity contribution < 1.29 is 17.9 Å². The summed E-state index contributed by atoms with van der Waals surface area (Å²) >= 11 is 0. The van der Waals surface area contributed by atoms with E-state index in [0.717, 1.165) is 23.9 Å². The molecule has 0 bridgehead atoms. The summed E-state index contributed by atoms with van der Waals surface area (Å²) in [6, 6.07) is 14.0. The van der Waals surface area contributed by atoms with Crippen LogP contribution in [0.3, 0.4) is 0 Å². The van der Waals surface area contributed by atoms with E-state index in [2.05, 4.69) is 41.5 Å². The quantitative estimate of drug-likeness (QED) is 0.494. The van der Waals surface area contributed by atoms with E-state index in [1.165, 1.54) is 18.6 Å². The van der Waals surface area contributed by atoms with Gasteiger partial charge in [-0.25, -0.2) is 4.98 Å². The third-order valence-corrected chi connectivity index (χ3v) is 5.67. The lowest BCUT2D eigenvalue weighted by atomic mass is 9.70. The molecule has 0 saturated heterocycles. The first-order chi connectivity index (χ1) is 14.1. The number of benzene rings is 2. The SMILES string of the molecule is CC1C[C@H](n2c(Nc3ccc(OC(F)(F)F)cc3)nc3ccccc32)CC(C)(C)C1. The van der Waals surface area contributed by atoms with E-state index in [-0.39, 0.29) is 11.2 Å². The zero-order valence-electron chi connectivity index (χ0n) is 17.3. The smallest absolute Gasteiger partial charge is 0.406 e. The summed E-state index contributed by atoms with van der Waals surface area (Å²) < 4.78 is 43.4. The van der Waals surface area contributed by atoms with E-state index in [1.807, 2.05) is 18.2 Å². The monoisotopic (exact) mass is 417 g/mol. The molecule has 0 aliphatic heterocycles. The molecule has 30 heavy (non-hydrogen) atoms. The molecule has 1 saturated carbocycles. The maximum atomic E-state index is 12.4. The van der Waals surface area contributed by atoms with Crippen LogP contribution in [0.2, 0.25) is 0 Å². The highest BCUT2D eigenvalue weighted by molar-refractivity contribution is 5.80. The molecule has 0 amide bonds. The van der Waals surface area contributed by atoms with Crippen molar-refractivity contribution in [3.8, 4) is 5.75 Å². The minimum absolute atomic E-state index is 0.238. The highest BCUT2D eigenvalue weighted by Gasteiger charge is 2.34. The highest BCUT2D eigenvalue weighted by atomic mass is 19.4. The van der Waals surface area contributed by atoms with Crippen LogP contribution in [-0.4, -0.2) is 15.9 Å². The summed E-state index contributed by atoms with van der Waals surface area (Å²) in [6.07, 6.45) is -1.39. The Bertz CT molecular complexity index is 1020. The first-order valence-corrected chi connectivity index (χ1v) is 10.2. The van der Waals surface area contributed by atoms with Gasteiger partial charge in [-0.15, -0.1) is 13.2 Å². The van der Waals surface area contributed by atoms with Gasteiger partial charge in [-0.1, -0.05) is 32.9 Å². The first kappa shape index (κ1) is 20.6. The Labute approximate surface area is 174 Å². The summed E-state index contributed by atoms with van der Waals surface area (Å²) in [7, 11) is 0. The third-order valence-electron chi connectivity index (χ3n) is 5.67. The number of fused-ring (bicyclic) bond motifs is 1. The van der Waals surface area contributed by atoms with E-state index in [1.54, 1.807) is 12.1 Å². The number of aromatic nitrogens is 2. The van der Waals surface area contributed by atoms with Gasteiger partial charge in [0.15, 0.2) is 0 Å². The molecule has 4 nitrogen and oxygen atoms in total. The molecule has 0 spiro atoms. The summed E-state index contributed by atoms with van der Waals surface area (Å²) in [5.74, 6) is 1.06. The van der Waals surface area contributed by atoms with Gasteiger partial charge in [0, 0.05) is 11.7 Å². The second-order valence-electron chi connectivity index (χ2n) is 9.06. The minimum Gasteiger partial charge on any atom is -0.406 e. The second-order valence-corrected chi connectivity index (χ2v) is 9.06. The van der Waals surface area contributed by atoms with Crippen molar-refractivity contribution in [3.63, 3.8) is 0 Å². The molecule has 1 fully saturated rings. The summed E-state index contributed by atoms with van der Waals surface area (Å²) in [5.41, 5.74) is 2.85. The molecule has 1 N–H and O–H groups in total. The Morgan fingerprint density at radius 3 is 2.43 bits per heavy atom. The molecule has 2 atom stereocenters. The molecule has 1 heterocycles. The molecule has 1 aromatic heterocycles. The van der Waals surface area contributed by atoms with Gasteiger partial charge in [0.2, 0.25) is 5.95 Å². The molecular weight excluding hydrogens is 391 g/mol. The highest BCUT2D eigenvalue weighted by Crippen LogP contribution is 2.46. The fraction of sp³-hybridized carbons (Fsp3) is 0.435.